The van der Waals surface area contributed by atoms with Gasteiger partial charge in [-0.3, -0.25) is 4.79 Å². The average molecular weight is 294 g/mol. The molecular weight excluding hydrogens is 260 g/mol. The largest absolute Gasteiger partial charge is 0.462 e. The molecule has 2 rings (SSSR count). The van der Waals surface area contributed by atoms with Gasteiger partial charge in [0.1, 0.15) is 6.10 Å². The highest BCUT2D eigenvalue weighted by atomic mass is 16.5. The zero-order valence-electron chi connectivity index (χ0n) is 14.5. The van der Waals surface area contributed by atoms with Crippen molar-refractivity contribution >= 4 is 5.97 Å². The summed E-state index contributed by atoms with van der Waals surface area (Å²) in [5.41, 5.74) is 0.534. The van der Waals surface area contributed by atoms with E-state index in [2.05, 4.69) is 27.7 Å². The van der Waals surface area contributed by atoms with E-state index < -0.39 is 0 Å². The molecule has 2 fully saturated rings. The van der Waals surface area contributed by atoms with Gasteiger partial charge in [0.25, 0.3) is 0 Å². The summed E-state index contributed by atoms with van der Waals surface area (Å²) in [6.45, 7) is 9.30. The number of hydrogen-bond acceptors (Lipinski definition) is 2. The number of carbonyl (C=O) groups excluding carboxylic acids is 1. The summed E-state index contributed by atoms with van der Waals surface area (Å²) in [5, 5.41) is 0. The van der Waals surface area contributed by atoms with Crippen LogP contribution in [0.15, 0.2) is 0 Å². The molecule has 0 spiro atoms. The van der Waals surface area contributed by atoms with Gasteiger partial charge in [0.05, 0.1) is 0 Å². The van der Waals surface area contributed by atoms with Crippen LogP contribution in [0.2, 0.25) is 0 Å². The molecular formula is C19H34O2. The predicted octanol–water partition coefficient (Wildman–Crippen LogP) is 5.50. The van der Waals surface area contributed by atoms with Crippen molar-refractivity contribution in [3.8, 4) is 0 Å². The van der Waals surface area contributed by atoms with Crippen LogP contribution in [0.4, 0.5) is 0 Å². The third kappa shape index (κ3) is 3.29. The third-order valence-electron chi connectivity index (χ3n) is 6.72. The maximum absolute atomic E-state index is 12.1. The van der Waals surface area contributed by atoms with Crippen LogP contribution in [0.5, 0.6) is 0 Å². The molecule has 0 aliphatic heterocycles. The summed E-state index contributed by atoms with van der Waals surface area (Å²) < 4.78 is 5.87. The summed E-state index contributed by atoms with van der Waals surface area (Å²) >= 11 is 0. The van der Waals surface area contributed by atoms with E-state index in [1.165, 1.54) is 44.9 Å². The third-order valence-corrected chi connectivity index (χ3v) is 6.72. The Morgan fingerprint density at radius 2 is 1.76 bits per heavy atom. The summed E-state index contributed by atoms with van der Waals surface area (Å²) in [6, 6.07) is 0. The second kappa shape index (κ2) is 6.71. The van der Waals surface area contributed by atoms with Crippen molar-refractivity contribution in [2.45, 2.75) is 98.0 Å². The van der Waals surface area contributed by atoms with E-state index in [4.69, 9.17) is 4.74 Å². The van der Waals surface area contributed by atoms with E-state index in [-0.39, 0.29) is 17.5 Å². The molecule has 0 saturated heterocycles. The van der Waals surface area contributed by atoms with Gasteiger partial charge in [0, 0.05) is 11.8 Å². The minimum absolute atomic E-state index is 0.0417. The minimum atomic E-state index is 0.0417. The van der Waals surface area contributed by atoms with Crippen LogP contribution in [0.1, 0.15) is 91.9 Å². The topological polar surface area (TPSA) is 26.3 Å². The molecule has 2 saturated carbocycles. The lowest BCUT2D eigenvalue weighted by atomic mass is 9.70. The highest BCUT2D eigenvalue weighted by molar-refractivity contribution is 5.69. The summed E-state index contributed by atoms with van der Waals surface area (Å²) in [7, 11) is 0. The first kappa shape index (κ1) is 16.8. The monoisotopic (exact) mass is 294 g/mol. The molecule has 3 atom stereocenters. The molecule has 122 valence electrons. The van der Waals surface area contributed by atoms with Gasteiger partial charge in [-0.1, -0.05) is 59.8 Å². The Morgan fingerprint density at radius 3 is 2.33 bits per heavy atom. The summed E-state index contributed by atoms with van der Waals surface area (Å²) in [6.07, 6.45) is 11.7. The first-order valence-electron chi connectivity index (χ1n) is 9.11. The van der Waals surface area contributed by atoms with Gasteiger partial charge in [0.15, 0.2) is 0 Å². The van der Waals surface area contributed by atoms with Crippen LogP contribution < -0.4 is 0 Å². The molecule has 0 unspecified atom stereocenters. The number of ether oxygens (including phenoxy) is 1. The first-order chi connectivity index (χ1) is 9.91. The van der Waals surface area contributed by atoms with Crippen molar-refractivity contribution in [2.75, 3.05) is 0 Å². The lowest BCUT2D eigenvalue weighted by Crippen LogP contribution is -2.38. The van der Waals surface area contributed by atoms with Gasteiger partial charge in [-0.05, 0) is 37.0 Å². The van der Waals surface area contributed by atoms with Crippen molar-refractivity contribution in [1.29, 1.82) is 0 Å². The smallest absolute Gasteiger partial charge is 0.306 e. The highest BCUT2D eigenvalue weighted by Gasteiger charge is 2.62. The molecule has 0 amide bonds. The Labute approximate surface area is 131 Å². The summed E-state index contributed by atoms with van der Waals surface area (Å²) in [4.78, 5) is 12.1. The fourth-order valence-electron chi connectivity index (χ4n) is 4.58. The van der Waals surface area contributed by atoms with E-state index >= 15 is 0 Å². The lowest BCUT2D eigenvalue weighted by molar-refractivity contribution is -0.157. The van der Waals surface area contributed by atoms with Crippen molar-refractivity contribution < 1.29 is 9.53 Å². The fraction of sp³-hybridized carbons (Fsp3) is 0.947. The quantitative estimate of drug-likeness (QED) is 0.437. The first-order valence-corrected chi connectivity index (χ1v) is 9.11. The van der Waals surface area contributed by atoms with Crippen LogP contribution in [-0.4, -0.2) is 12.1 Å². The van der Waals surface area contributed by atoms with Gasteiger partial charge in [-0.25, -0.2) is 0 Å². The van der Waals surface area contributed by atoms with Crippen LogP contribution >= 0.6 is 0 Å². The Kier molecular flexibility index (Phi) is 5.38. The van der Waals surface area contributed by atoms with Crippen LogP contribution in [0.3, 0.4) is 0 Å². The summed E-state index contributed by atoms with van der Waals surface area (Å²) in [5.74, 6) is 0.786. The van der Waals surface area contributed by atoms with Crippen LogP contribution in [-0.2, 0) is 9.53 Å². The number of carbonyl (C=O) groups is 1. The Bertz CT molecular complexity index is 361. The number of rotatable bonds is 8. The normalized spacial score (nSPS) is 33.3. The molecule has 0 radical (unpaired) electrons. The van der Waals surface area contributed by atoms with Crippen LogP contribution in [0, 0.1) is 16.7 Å². The van der Waals surface area contributed by atoms with Crippen molar-refractivity contribution in [2.24, 2.45) is 16.7 Å². The van der Waals surface area contributed by atoms with Crippen molar-refractivity contribution in [3.05, 3.63) is 0 Å². The molecule has 0 aromatic rings. The van der Waals surface area contributed by atoms with Gasteiger partial charge in [-0.2, -0.15) is 0 Å². The molecule has 21 heavy (non-hydrogen) atoms. The molecule has 2 aliphatic carbocycles. The lowest BCUT2D eigenvalue weighted by Gasteiger charge is -2.38. The number of unbranched alkanes of at least 4 members (excludes halogenated alkanes) is 5. The van der Waals surface area contributed by atoms with Gasteiger partial charge in [0.2, 0.25) is 0 Å². The van der Waals surface area contributed by atoms with Gasteiger partial charge >= 0.3 is 5.97 Å². The Hall–Kier alpha value is -0.530. The SMILES string of the molecule is CCCCCCCCC(=O)O[C@H]1C[C@@H]2CC[C@@]1(C)C2(C)C. The second-order valence-corrected chi connectivity index (χ2v) is 8.11. The minimum Gasteiger partial charge on any atom is -0.462 e. The zero-order valence-corrected chi connectivity index (χ0v) is 14.5. The standard InChI is InChI=1S/C19H34O2/c1-5-6-7-8-9-10-11-17(20)21-16-14-15-12-13-19(16,4)18(15,2)3/h15-16H,5-14H2,1-4H3/t15-,16-,19+/m0/s1. The van der Waals surface area contributed by atoms with Crippen molar-refractivity contribution in [3.63, 3.8) is 0 Å². The molecule has 2 heteroatoms. The fourth-order valence-corrected chi connectivity index (χ4v) is 4.58. The van der Waals surface area contributed by atoms with Crippen molar-refractivity contribution in [1.82, 2.24) is 0 Å². The van der Waals surface area contributed by atoms with E-state index in [1.807, 2.05) is 0 Å². The highest BCUT2D eigenvalue weighted by Crippen LogP contribution is 2.66. The molecule has 2 nitrogen and oxygen atoms in total. The average Bonchev–Trinajstić information content (AvgIpc) is 2.76. The predicted molar refractivity (Wildman–Crippen MR) is 87.1 cm³/mol. The maximum Gasteiger partial charge on any atom is 0.306 e. The number of fused-ring (bicyclic) bond motifs is 2. The molecule has 0 N–H and O–H groups in total. The number of esters is 1. The molecule has 0 aromatic heterocycles. The van der Waals surface area contributed by atoms with Gasteiger partial charge in [-0.15, -0.1) is 0 Å². The second-order valence-electron chi connectivity index (χ2n) is 8.11. The Balaban J connectivity index is 1.70. The maximum atomic E-state index is 12.1. The molecule has 0 aromatic carbocycles. The molecule has 2 aliphatic rings. The number of hydrogen-bond donors (Lipinski definition) is 0. The van der Waals surface area contributed by atoms with Crippen LogP contribution in [0.25, 0.3) is 0 Å². The van der Waals surface area contributed by atoms with Gasteiger partial charge < -0.3 is 4.74 Å². The molecule has 2 bridgehead atoms. The Morgan fingerprint density at radius 1 is 1.10 bits per heavy atom. The van der Waals surface area contributed by atoms with E-state index in [1.54, 1.807) is 0 Å². The molecule has 0 heterocycles. The van der Waals surface area contributed by atoms with E-state index in [9.17, 15) is 4.79 Å². The van der Waals surface area contributed by atoms with E-state index in [0.717, 1.165) is 18.8 Å². The van der Waals surface area contributed by atoms with E-state index in [0.29, 0.717) is 11.8 Å². The zero-order chi connectivity index (χ0) is 15.5.